The molecule has 0 amide bonds. The third kappa shape index (κ3) is 2.22. The van der Waals surface area contributed by atoms with E-state index >= 15 is 0 Å². The average molecular weight is 253 g/mol. The number of nitrogens with zero attached hydrogens (tertiary/aromatic N) is 2. The zero-order valence-corrected chi connectivity index (χ0v) is 11.9. The van der Waals surface area contributed by atoms with Crippen molar-refractivity contribution in [1.82, 2.24) is 9.55 Å². The number of imidazole rings is 1. The number of hydrogen-bond donors (Lipinski definition) is 1. The summed E-state index contributed by atoms with van der Waals surface area (Å²) in [6, 6.07) is 4.30. The Balaban J connectivity index is 2.67. The summed E-state index contributed by atoms with van der Waals surface area (Å²) in [5.74, 6) is 4.11. The highest BCUT2D eigenvalue weighted by molar-refractivity contribution is 5.76. The largest absolute Gasteiger partial charge is 0.383 e. The number of aromatic nitrogens is 2. The average Bonchev–Trinajstić information content (AvgIpc) is 2.56. The van der Waals surface area contributed by atoms with Crippen molar-refractivity contribution in [3.05, 3.63) is 34.6 Å². The maximum absolute atomic E-state index is 6.20. The monoisotopic (exact) mass is 253 g/mol. The highest BCUT2D eigenvalue weighted by atomic mass is 15.1. The summed E-state index contributed by atoms with van der Waals surface area (Å²) in [4.78, 5) is 4.59. The van der Waals surface area contributed by atoms with E-state index in [4.69, 9.17) is 12.2 Å². The van der Waals surface area contributed by atoms with Gasteiger partial charge in [-0.05, 0) is 38.8 Å². The standard InChI is InChI=1S/C16H19N3/c1-6-7-19-13(5)18-15(16(19)17)14-11(3)8-10(2)9-12(14)4/h1,8-9H,7,17H2,2-5H3. The minimum absolute atomic E-state index is 0.453. The molecule has 2 rings (SSSR count). The number of nitrogens with two attached hydrogens (primary N) is 1. The number of nitrogen functional groups attached to an aromatic ring is 1. The maximum Gasteiger partial charge on any atom is 0.132 e. The molecule has 19 heavy (non-hydrogen) atoms. The van der Waals surface area contributed by atoms with E-state index in [0.717, 1.165) is 17.1 Å². The zero-order chi connectivity index (χ0) is 14.2. The van der Waals surface area contributed by atoms with Crippen LogP contribution in [0.1, 0.15) is 22.5 Å². The van der Waals surface area contributed by atoms with Gasteiger partial charge in [0.1, 0.15) is 17.3 Å². The SMILES string of the molecule is C#CCn1c(C)nc(-c2c(C)cc(C)cc2C)c1N. The van der Waals surface area contributed by atoms with Gasteiger partial charge in [-0.25, -0.2) is 4.98 Å². The number of aryl methyl sites for hydroxylation is 4. The Morgan fingerprint density at radius 1 is 1.21 bits per heavy atom. The van der Waals surface area contributed by atoms with Crippen LogP contribution in [-0.2, 0) is 6.54 Å². The molecule has 98 valence electrons. The Morgan fingerprint density at radius 3 is 2.32 bits per heavy atom. The molecule has 0 atom stereocenters. The second kappa shape index (κ2) is 4.81. The van der Waals surface area contributed by atoms with Gasteiger partial charge >= 0.3 is 0 Å². The zero-order valence-electron chi connectivity index (χ0n) is 11.9. The number of rotatable bonds is 2. The lowest BCUT2D eigenvalue weighted by Gasteiger charge is -2.10. The van der Waals surface area contributed by atoms with E-state index in [1.807, 2.05) is 11.5 Å². The lowest BCUT2D eigenvalue weighted by Crippen LogP contribution is -2.04. The second-order valence-electron chi connectivity index (χ2n) is 4.96. The van der Waals surface area contributed by atoms with E-state index < -0.39 is 0 Å². The summed E-state index contributed by atoms with van der Waals surface area (Å²) < 4.78 is 1.87. The van der Waals surface area contributed by atoms with Crippen molar-refractivity contribution in [2.75, 3.05) is 5.73 Å². The molecule has 1 heterocycles. The molecule has 3 heteroatoms. The van der Waals surface area contributed by atoms with Crippen molar-refractivity contribution in [3.8, 4) is 23.6 Å². The molecule has 2 aromatic rings. The normalized spacial score (nSPS) is 10.5. The Bertz CT molecular complexity index is 649. The van der Waals surface area contributed by atoms with Crippen LogP contribution in [0.4, 0.5) is 5.82 Å². The summed E-state index contributed by atoms with van der Waals surface area (Å²) >= 11 is 0. The van der Waals surface area contributed by atoms with E-state index in [2.05, 4.69) is 43.8 Å². The molecule has 0 aliphatic heterocycles. The van der Waals surface area contributed by atoms with Crippen molar-refractivity contribution in [1.29, 1.82) is 0 Å². The Morgan fingerprint density at radius 2 is 1.79 bits per heavy atom. The molecule has 2 N–H and O–H groups in total. The molecular formula is C16H19N3. The maximum atomic E-state index is 6.20. The highest BCUT2D eigenvalue weighted by Crippen LogP contribution is 2.32. The molecule has 0 saturated carbocycles. The predicted molar refractivity (Wildman–Crippen MR) is 79.9 cm³/mol. The minimum Gasteiger partial charge on any atom is -0.383 e. The third-order valence-corrected chi connectivity index (χ3v) is 3.36. The van der Waals surface area contributed by atoms with Crippen LogP contribution < -0.4 is 5.73 Å². The van der Waals surface area contributed by atoms with Gasteiger partial charge in [0.2, 0.25) is 0 Å². The lowest BCUT2D eigenvalue weighted by atomic mass is 9.97. The molecule has 0 spiro atoms. The topological polar surface area (TPSA) is 43.8 Å². The molecule has 0 unspecified atom stereocenters. The first-order chi connectivity index (χ1) is 8.95. The van der Waals surface area contributed by atoms with Gasteiger partial charge in [-0.2, -0.15) is 0 Å². The fraction of sp³-hybridized carbons (Fsp3) is 0.312. The fourth-order valence-electron chi connectivity index (χ4n) is 2.61. The van der Waals surface area contributed by atoms with Crippen LogP contribution >= 0.6 is 0 Å². The summed E-state index contributed by atoms with van der Waals surface area (Å²) in [7, 11) is 0. The van der Waals surface area contributed by atoms with E-state index in [1.54, 1.807) is 0 Å². The molecular weight excluding hydrogens is 234 g/mol. The van der Waals surface area contributed by atoms with Crippen molar-refractivity contribution >= 4 is 5.82 Å². The number of terminal acetylenes is 1. The van der Waals surface area contributed by atoms with Crippen LogP contribution in [0, 0.1) is 40.0 Å². The van der Waals surface area contributed by atoms with Gasteiger partial charge in [0.15, 0.2) is 0 Å². The first-order valence-electron chi connectivity index (χ1n) is 6.30. The first kappa shape index (κ1) is 13.2. The number of benzene rings is 1. The molecule has 0 saturated heterocycles. The molecule has 0 aliphatic rings. The van der Waals surface area contributed by atoms with Gasteiger partial charge in [0.25, 0.3) is 0 Å². The van der Waals surface area contributed by atoms with Crippen LogP contribution in [0.3, 0.4) is 0 Å². The molecule has 0 aliphatic carbocycles. The first-order valence-corrected chi connectivity index (χ1v) is 6.30. The minimum atomic E-state index is 0.453. The third-order valence-electron chi connectivity index (χ3n) is 3.36. The fourth-order valence-corrected chi connectivity index (χ4v) is 2.61. The van der Waals surface area contributed by atoms with Crippen molar-refractivity contribution in [2.24, 2.45) is 0 Å². The molecule has 1 aromatic heterocycles. The summed E-state index contributed by atoms with van der Waals surface area (Å²) in [6.07, 6.45) is 5.37. The van der Waals surface area contributed by atoms with Crippen LogP contribution in [0.25, 0.3) is 11.3 Å². The van der Waals surface area contributed by atoms with E-state index in [1.165, 1.54) is 16.7 Å². The quantitative estimate of drug-likeness (QED) is 0.836. The van der Waals surface area contributed by atoms with Gasteiger partial charge in [-0.15, -0.1) is 6.42 Å². The van der Waals surface area contributed by atoms with Gasteiger partial charge in [-0.1, -0.05) is 23.6 Å². The number of anilines is 1. The summed E-state index contributed by atoms with van der Waals surface area (Å²) in [5.41, 5.74) is 11.8. The van der Waals surface area contributed by atoms with Crippen LogP contribution in [0.2, 0.25) is 0 Å². The highest BCUT2D eigenvalue weighted by Gasteiger charge is 2.16. The molecule has 0 radical (unpaired) electrons. The summed E-state index contributed by atoms with van der Waals surface area (Å²) in [6.45, 7) is 8.65. The smallest absolute Gasteiger partial charge is 0.132 e. The van der Waals surface area contributed by atoms with Gasteiger partial charge < -0.3 is 10.3 Å². The second-order valence-corrected chi connectivity index (χ2v) is 4.96. The van der Waals surface area contributed by atoms with Crippen LogP contribution in [-0.4, -0.2) is 9.55 Å². The van der Waals surface area contributed by atoms with Crippen molar-refractivity contribution in [3.63, 3.8) is 0 Å². The molecule has 3 nitrogen and oxygen atoms in total. The van der Waals surface area contributed by atoms with Gasteiger partial charge in [0.05, 0.1) is 6.54 Å². The van der Waals surface area contributed by atoms with E-state index in [-0.39, 0.29) is 0 Å². The Labute approximate surface area is 114 Å². The van der Waals surface area contributed by atoms with Crippen LogP contribution in [0.5, 0.6) is 0 Å². The molecule has 0 fully saturated rings. The van der Waals surface area contributed by atoms with Crippen molar-refractivity contribution < 1.29 is 0 Å². The summed E-state index contributed by atoms with van der Waals surface area (Å²) in [5, 5.41) is 0. The molecule has 0 bridgehead atoms. The van der Waals surface area contributed by atoms with E-state index in [9.17, 15) is 0 Å². The van der Waals surface area contributed by atoms with Gasteiger partial charge in [0, 0.05) is 5.56 Å². The Hall–Kier alpha value is -2.21. The van der Waals surface area contributed by atoms with Crippen molar-refractivity contribution in [2.45, 2.75) is 34.2 Å². The van der Waals surface area contributed by atoms with E-state index in [0.29, 0.717) is 12.4 Å². The van der Waals surface area contributed by atoms with Gasteiger partial charge in [-0.3, -0.25) is 0 Å². The van der Waals surface area contributed by atoms with Crippen LogP contribution in [0.15, 0.2) is 12.1 Å². The number of hydrogen-bond acceptors (Lipinski definition) is 2. The predicted octanol–water partition coefficient (Wildman–Crippen LogP) is 3.00. The molecule has 1 aromatic carbocycles. The lowest BCUT2D eigenvalue weighted by molar-refractivity contribution is 0.807. The Kier molecular flexibility index (Phi) is 3.35.